The molecule has 0 aliphatic carbocycles. The van der Waals surface area contributed by atoms with Crippen LogP contribution in [-0.2, 0) is 9.47 Å². The van der Waals surface area contributed by atoms with Gasteiger partial charge in [0, 0.05) is 33.4 Å². The van der Waals surface area contributed by atoms with E-state index in [0.29, 0.717) is 17.1 Å². The molecule has 2 aromatic rings. The zero-order valence-corrected chi connectivity index (χ0v) is 21.1. The van der Waals surface area contributed by atoms with Gasteiger partial charge in [-0.15, -0.1) is 0 Å². The molecule has 0 saturated carbocycles. The molecule has 2 rings (SSSR count). The summed E-state index contributed by atoms with van der Waals surface area (Å²) in [6, 6.07) is 12.2. The Balaban J connectivity index is 2.03. The number of carbonyl (C=O) groups excluding carboxylic acids is 1. The zero-order chi connectivity index (χ0) is 27.4. The Hall–Kier alpha value is -3.03. The van der Waals surface area contributed by atoms with Gasteiger partial charge in [-0.05, 0) is 35.4 Å². The van der Waals surface area contributed by atoms with Crippen LogP contribution in [0.4, 0.5) is 0 Å². The fraction of sp³-hybridized carbons (Fsp3) is 0.423. The number of nitrogens with zero attached hydrogens (tertiary/aromatic N) is 1. The number of ether oxygens (including phenoxy) is 4. The maximum Gasteiger partial charge on any atom is 0.253 e. The number of methoxy groups -OCH3 is 2. The third-order valence-electron chi connectivity index (χ3n) is 5.39. The van der Waals surface area contributed by atoms with Crippen molar-refractivity contribution in [3.05, 3.63) is 59.2 Å². The summed E-state index contributed by atoms with van der Waals surface area (Å²) in [5.41, 5.74) is 2.03. The summed E-state index contributed by atoms with van der Waals surface area (Å²) in [5.74, 6) is 0.598. The summed E-state index contributed by atoms with van der Waals surface area (Å²) in [6.07, 6.45) is -2.92. The van der Waals surface area contributed by atoms with Crippen molar-refractivity contribution in [2.45, 2.75) is 24.4 Å². The summed E-state index contributed by atoms with van der Waals surface area (Å²) in [6.45, 7) is -0.944. The van der Waals surface area contributed by atoms with Gasteiger partial charge >= 0.3 is 0 Å². The molecule has 0 aromatic heterocycles. The van der Waals surface area contributed by atoms with Crippen LogP contribution in [-0.4, -0.2) is 109 Å². The van der Waals surface area contributed by atoms with E-state index in [1.807, 2.05) is 18.2 Å². The molecule has 5 N–H and O–H groups in total. The topological polar surface area (TPSA) is 158 Å². The first-order valence-electron chi connectivity index (χ1n) is 11.5. The average molecular weight is 522 g/mol. The van der Waals surface area contributed by atoms with Crippen LogP contribution in [0.2, 0.25) is 0 Å². The maximum absolute atomic E-state index is 12.7. The summed E-state index contributed by atoms with van der Waals surface area (Å²) in [7, 11) is 4.48. The fourth-order valence-corrected chi connectivity index (χ4v) is 3.29. The van der Waals surface area contributed by atoms with Crippen LogP contribution >= 0.6 is 0 Å². The summed E-state index contributed by atoms with van der Waals surface area (Å²) >= 11 is 0. The third kappa shape index (κ3) is 9.09. The number of rotatable bonds is 15. The molecule has 0 radical (unpaired) electrons. The Labute approximate surface area is 215 Å². The van der Waals surface area contributed by atoms with Crippen molar-refractivity contribution in [2.75, 3.05) is 48.0 Å². The predicted molar refractivity (Wildman–Crippen MR) is 135 cm³/mol. The second kappa shape index (κ2) is 15.3. The van der Waals surface area contributed by atoms with E-state index >= 15 is 0 Å². The van der Waals surface area contributed by atoms with Crippen LogP contribution < -0.4 is 9.47 Å². The highest BCUT2D eigenvalue weighted by molar-refractivity contribution is 5.94. The van der Waals surface area contributed by atoms with Gasteiger partial charge in [-0.3, -0.25) is 4.79 Å². The lowest BCUT2D eigenvalue weighted by atomic mass is 10.0. The highest BCUT2D eigenvalue weighted by atomic mass is 16.7. The Morgan fingerprint density at radius 1 is 0.838 bits per heavy atom. The van der Waals surface area contributed by atoms with Crippen molar-refractivity contribution in [3.8, 4) is 11.5 Å². The van der Waals surface area contributed by atoms with Gasteiger partial charge in [0.05, 0.1) is 6.61 Å². The number of likely N-dealkylation sites (N-methyl/N-ethyl adjacent to an activating group) is 1. The molecule has 0 fully saturated rings. The molecule has 0 aliphatic rings. The molecule has 204 valence electrons. The molecule has 0 aliphatic heterocycles. The number of benzene rings is 2. The van der Waals surface area contributed by atoms with Gasteiger partial charge in [-0.2, -0.15) is 0 Å². The zero-order valence-electron chi connectivity index (χ0n) is 21.1. The second-order valence-electron chi connectivity index (χ2n) is 8.25. The minimum atomic E-state index is -1.76. The van der Waals surface area contributed by atoms with Gasteiger partial charge < -0.3 is 49.4 Å². The quantitative estimate of drug-likeness (QED) is 0.163. The maximum atomic E-state index is 12.7. The molecule has 37 heavy (non-hydrogen) atoms. The molecular formula is C26H35NO10. The molecule has 0 spiro atoms. The molecule has 0 heterocycles. The minimum Gasteiger partial charge on any atom is -0.464 e. The van der Waals surface area contributed by atoms with Gasteiger partial charge in [-0.1, -0.05) is 30.4 Å². The predicted octanol–water partition coefficient (Wildman–Crippen LogP) is 0.330. The Morgan fingerprint density at radius 3 is 1.97 bits per heavy atom. The lowest BCUT2D eigenvalue weighted by molar-refractivity contribution is -0.117. The van der Waals surface area contributed by atoms with Crippen molar-refractivity contribution >= 4 is 18.1 Å². The fourth-order valence-electron chi connectivity index (χ4n) is 3.29. The molecule has 0 saturated heterocycles. The monoisotopic (exact) mass is 521 g/mol. The number of hydrogen-bond acceptors (Lipinski definition) is 10. The Morgan fingerprint density at radius 2 is 1.38 bits per heavy atom. The smallest absolute Gasteiger partial charge is 0.253 e. The van der Waals surface area contributed by atoms with E-state index in [-0.39, 0.29) is 20.1 Å². The normalized spacial score (nSPS) is 14.7. The lowest BCUT2D eigenvalue weighted by Gasteiger charge is -2.28. The van der Waals surface area contributed by atoms with E-state index in [4.69, 9.17) is 24.1 Å². The summed E-state index contributed by atoms with van der Waals surface area (Å²) in [4.78, 5) is 13.9. The highest BCUT2D eigenvalue weighted by Crippen LogP contribution is 2.29. The van der Waals surface area contributed by atoms with Crippen molar-refractivity contribution in [3.63, 3.8) is 0 Å². The average Bonchev–Trinajstić information content (AvgIpc) is 2.92. The number of aliphatic hydroxyl groups is 5. The van der Waals surface area contributed by atoms with Crippen LogP contribution in [0.3, 0.4) is 0 Å². The van der Waals surface area contributed by atoms with Crippen molar-refractivity contribution < 1.29 is 49.3 Å². The summed E-state index contributed by atoms with van der Waals surface area (Å²) in [5, 5.41) is 48.1. The molecule has 11 nitrogen and oxygen atoms in total. The summed E-state index contributed by atoms with van der Waals surface area (Å²) < 4.78 is 21.0. The highest BCUT2D eigenvalue weighted by Gasteiger charge is 2.31. The minimum absolute atomic E-state index is 0.0572. The standard InChI is InChI=1S/C26H35NO10/c1-27(13-20(29)24(31)25(32)21(30)14-28)26(33)19-9-6-17(7-10-19)4-5-18-8-11-22(36-15-34-2)23(12-18)37-16-35-3/h4-12,20-21,24-25,28-32H,13-16H2,1-3H3. The van der Waals surface area contributed by atoms with Crippen LogP contribution in [0, 0.1) is 0 Å². The van der Waals surface area contributed by atoms with Crippen LogP contribution in [0.1, 0.15) is 21.5 Å². The molecule has 11 heteroatoms. The van der Waals surface area contributed by atoms with E-state index in [0.717, 1.165) is 11.1 Å². The van der Waals surface area contributed by atoms with E-state index < -0.39 is 36.9 Å². The van der Waals surface area contributed by atoms with E-state index in [1.54, 1.807) is 36.4 Å². The first-order chi connectivity index (χ1) is 17.7. The van der Waals surface area contributed by atoms with Crippen LogP contribution in [0.5, 0.6) is 11.5 Å². The van der Waals surface area contributed by atoms with Crippen molar-refractivity contribution in [1.82, 2.24) is 4.90 Å². The van der Waals surface area contributed by atoms with Gasteiger partial charge in [0.25, 0.3) is 5.91 Å². The van der Waals surface area contributed by atoms with Gasteiger partial charge in [0.2, 0.25) is 0 Å². The lowest BCUT2D eigenvalue weighted by Crippen LogP contribution is -2.49. The Bertz CT molecular complexity index is 997. The SMILES string of the molecule is COCOc1ccc(C=Cc2ccc(C(=O)N(C)CC(O)C(O)C(O)C(O)CO)cc2)cc1OCOC. The van der Waals surface area contributed by atoms with Crippen molar-refractivity contribution in [1.29, 1.82) is 0 Å². The molecule has 1 amide bonds. The second-order valence-corrected chi connectivity index (χ2v) is 8.25. The number of aliphatic hydroxyl groups excluding tert-OH is 5. The van der Waals surface area contributed by atoms with E-state index in [9.17, 15) is 25.2 Å². The van der Waals surface area contributed by atoms with Gasteiger partial charge in [0.1, 0.15) is 24.4 Å². The molecular weight excluding hydrogens is 486 g/mol. The molecule has 0 bridgehead atoms. The van der Waals surface area contributed by atoms with E-state index in [1.165, 1.54) is 26.2 Å². The number of carbonyl (C=O) groups is 1. The van der Waals surface area contributed by atoms with Crippen LogP contribution in [0.25, 0.3) is 12.2 Å². The van der Waals surface area contributed by atoms with Crippen molar-refractivity contribution in [2.24, 2.45) is 0 Å². The molecule has 4 unspecified atom stereocenters. The third-order valence-corrected chi connectivity index (χ3v) is 5.39. The molecule has 2 aromatic carbocycles. The van der Waals surface area contributed by atoms with Crippen LogP contribution in [0.15, 0.2) is 42.5 Å². The van der Waals surface area contributed by atoms with Gasteiger partial charge in [-0.25, -0.2) is 0 Å². The number of amides is 1. The molecule has 4 atom stereocenters. The largest absolute Gasteiger partial charge is 0.464 e. The first-order valence-corrected chi connectivity index (χ1v) is 11.5. The number of hydrogen-bond donors (Lipinski definition) is 5. The van der Waals surface area contributed by atoms with E-state index in [2.05, 4.69) is 0 Å². The Kier molecular flexibility index (Phi) is 12.5. The first kappa shape index (κ1) is 30.2. The van der Waals surface area contributed by atoms with Gasteiger partial charge in [0.15, 0.2) is 25.1 Å².